The van der Waals surface area contributed by atoms with Crippen LogP contribution in [0, 0.1) is 17.3 Å². The second-order valence-electron chi connectivity index (χ2n) is 11.6. The first-order chi connectivity index (χ1) is 18.3. The minimum atomic E-state index is -0.0231. The molecule has 0 radical (unpaired) electrons. The maximum Gasteiger partial charge on any atom is 0.211 e. The van der Waals surface area contributed by atoms with Crippen molar-refractivity contribution in [3.8, 4) is 0 Å². The summed E-state index contributed by atoms with van der Waals surface area (Å²) in [7, 11) is 0. The van der Waals surface area contributed by atoms with Crippen LogP contribution in [0.5, 0.6) is 0 Å². The largest absolute Gasteiger partial charge is 0.356 e. The fourth-order valence-electron chi connectivity index (χ4n) is 3.56. The molecule has 1 unspecified atom stereocenters. The van der Waals surface area contributed by atoms with E-state index in [2.05, 4.69) is 50.6 Å². The van der Waals surface area contributed by atoms with E-state index in [-0.39, 0.29) is 5.92 Å². The van der Waals surface area contributed by atoms with Gasteiger partial charge >= 0.3 is 0 Å². The zero-order valence-corrected chi connectivity index (χ0v) is 26.1. The molecule has 1 aromatic carbocycles. The van der Waals surface area contributed by atoms with E-state index in [0.29, 0.717) is 58.6 Å². The molecular formula is C31H48Cl2FN3O2. The van der Waals surface area contributed by atoms with Gasteiger partial charge in [-0.25, -0.2) is 4.39 Å². The lowest BCUT2D eigenvalue weighted by Gasteiger charge is -2.25. The summed E-state index contributed by atoms with van der Waals surface area (Å²) >= 11 is 11.7. The molecule has 1 aliphatic carbocycles. The van der Waals surface area contributed by atoms with E-state index in [0.717, 1.165) is 17.9 Å². The first-order valence-electron chi connectivity index (χ1n) is 13.5. The Balaban J connectivity index is 0.000000784. The van der Waals surface area contributed by atoms with Crippen LogP contribution in [-0.2, 0) is 16.1 Å². The second-order valence-corrected chi connectivity index (χ2v) is 12.6. The molecule has 0 heterocycles. The number of amides is 2. The lowest BCUT2D eigenvalue weighted by Crippen LogP contribution is -2.31. The number of carbonyl (C=O) groups is 2. The molecular weight excluding hydrogens is 536 g/mol. The monoisotopic (exact) mass is 583 g/mol. The maximum atomic E-state index is 13.0. The lowest BCUT2D eigenvalue weighted by molar-refractivity contribution is -0.110. The Labute approximate surface area is 245 Å². The molecule has 8 heteroatoms. The third-order valence-electron chi connectivity index (χ3n) is 5.68. The van der Waals surface area contributed by atoms with Gasteiger partial charge in [0.1, 0.15) is 0 Å². The van der Waals surface area contributed by atoms with Gasteiger partial charge < -0.3 is 16.0 Å². The number of rotatable bonds is 11. The Morgan fingerprint density at radius 1 is 1.13 bits per heavy atom. The van der Waals surface area contributed by atoms with Crippen LogP contribution in [0.15, 0.2) is 53.4 Å². The molecule has 2 amide bonds. The number of anilines is 1. The van der Waals surface area contributed by atoms with Gasteiger partial charge in [-0.05, 0) is 79.2 Å². The van der Waals surface area contributed by atoms with Crippen LogP contribution in [0.3, 0.4) is 0 Å². The molecule has 0 bridgehead atoms. The van der Waals surface area contributed by atoms with Gasteiger partial charge in [0.05, 0.1) is 6.33 Å². The highest BCUT2D eigenvalue weighted by atomic mass is 35.5. The van der Waals surface area contributed by atoms with E-state index in [9.17, 15) is 14.0 Å². The first kappa shape index (κ1) is 36.8. The van der Waals surface area contributed by atoms with Crippen molar-refractivity contribution >= 4 is 41.7 Å². The SMILES string of the molecule is C/C(Cl)=C\C=C/C(=CF)C(C)CNCc1ccc(Cl)cc1NC=O.CC(C)(C)C.CC1CCC(NC=O)CC1. The smallest absolute Gasteiger partial charge is 0.211 e. The number of carbonyl (C=O) groups excluding carboxylic acids is 2. The van der Waals surface area contributed by atoms with Crippen molar-refractivity contribution in [3.05, 3.63) is 63.9 Å². The predicted molar refractivity (Wildman–Crippen MR) is 166 cm³/mol. The number of hydrogen-bond acceptors (Lipinski definition) is 3. The lowest BCUT2D eigenvalue weighted by atomic mass is 9.87. The number of allylic oxidation sites excluding steroid dienone is 4. The van der Waals surface area contributed by atoms with Gasteiger partial charge in [-0.2, -0.15) is 0 Å². The highest BCUT2D eigenvalue weighted by molar-refractivity contribution is 6.31. The second kappa shape index (κ2) is 20.7. The van der Waals surface area contributed by atoms with Crippen LogP contribution < -0.4 is 16.0 Å². The first-order valence-corrected chi connectivity index (χ1v) is 14.3. The molecule has 220 valence electrons. The topological polar surface area (TPSA) is 70.2 Å². The quantitative estimate of drug-likeness (QED) is 0.180. The molecule has 2 rings (SSSR count). The molecule has 0 aromatic heterocycles. The van der Waals surface area contributed by atoms with Crippen molar-refractivity contribution in [3.63, 3.8) is 0 Å². The average Bonchev–Trinajstić information content (AvgIpc) is 2.84. The summed E-state index contributed by atoms with van der Waals surface area (Å²) < 4.78 is 13.0. The molecule has 0 saturated heterocycles. The summed E-state index contributed by atoms with van der Waals surface area (Å²) in [5.74, 6) is 0.842. The fourth-order valence-corrected chi connectivity index (χ4v) is 3.81. The molecule has 0 spiro atoms. The van der Waals surface area contributed by atoms with Crippen molar-refractivity contribution in [1.82, 2.24) is 10.6 Å². The highest BCUT2D eigenvalue weighted by Gasteiger charge is 2.16. The standard InChI is InChI=1S/C18H21Cl2FN2O.C8H15NO.C5H12/c1-13(15(9-21)5-3-4-14(2)19)10-22-11-16-6-7-17(20)8-18(16)23-12-24;1-7-2-4-8(5-3-7)9-6-10;1-5(2,3)4/h3-9,12-13,22H,10-11H2,1-2H3,(H,23,24);6-8H,2-5H2,1H3,(H,9,10);1-4H3/b5-3-,14-4+,15-9?;;. The van der Waals surface area contributed by atoms with Gasteiger partial charge in [0.25, 0.3) is 0 Å². The van der Waals surface area contributed by atoms with Crippen molar-refractivity contribution in [1.29, 1.82) is 0 Å². The number of halogens is 3. The highest BCUT2D eigenvalue weighted by Crippen LogP contribution is 2.23. The molecule has 1 saturated carbocycles. The van der Waals surface area contributed by atoms with Crippen molar-refractivity contribution in [2.45, 2.75) is 86.7 Å². The van der Waals surface area contributed by atoms with Crippen LogP contribution in [0.1, 0.15) is 79.7 Å². The minimum absolute atomic E-state index is 0.0231. The molecule has 1 aromatic rings. The van der Waals surface area contributed by atoms with Gasteiger partial charge in [-0.3, -0.25) is 9.59 Å². The van der Waals surface area contributed by atoms with Crippen LogP contribution in [0.4, 0.5) is 10.1 Å². The van der Waals surface area contributed by atoms with Crippen molar-refractivity contribution in [2.75, 3.05) is 11.9 Å². The number of nitrogens with one attached hydrogen (secondary N) is 3. The van der Waals surface area contributed by atoms with E-state index in [1.54, 1.807) is 37.3 Å². The summed E-state index contributed by atoms with van der Waals surface area (Å²) in [4.78, 5) is 20.7. The van der Waals surface area contributed by atoms with E-state index in [1.807, 2.05) is 13.0 Å². The third kappa shape index (κ3) is 20.4. The Kier molecular flexibility index (Phi) is 19.6. The van der Waals surface area contributed by atoms with E-state index < -0.39 is 0 Å². The van der Waals surface area contributed by atoms with E-state index in [1.165, 1.54) is 25.7 Å². The molecule has 3 N–H and O–H groups in total. The van der Waals surface area contributed by atoms with Gasteiger partial charge in [0.15, 0.2) is 0 Å². The molecule has 0 aliphatic heterocycles. The number of hydrogen-bond donors (Lipinski definition) is 3. The maximum absolute atomic E-state index is 13.0. The van der Waals surface area contributed by atoms with Gasteiger partial charge in [0.2, 0.25) is 12.8 Å². The average molecular weight is 585 g/mol. The molecule has 5 nitrogen and oxygen atoms in total. The van der Waals surface area contributed by atoms with Crippen molar-refractivity contribution < 1.29 is 14.0 Å². The Morgan fingerprint density at radius 3 is 2.26 bits per heavy atom. The third-order valence-corrected chi connectivity index (χ3v) is 6.04. The zero-order chi connectivity index (χ0) is 29.8. The molecule has 1 atom stereocenters. The fraction of sp³-hybridized carbons (Fsp3) is 0.548. The number of benzene rings is 1. The minimum Gasteiger partial charge on any atom is -0.356 e. The summed E-state index contributed by atoms with van der Waals surface area (Å²) in [5.41, 5.74) is 2.63. The van der Waals surface area contributed by atoms with E-state index >= 15 is 0 Å². The van der Waals surface area contributed by atoms with Crippen LogP contribution >= 0.6 is 23.2 Å². The summed E-state index contributed by atoms with van der Waals surface area (Å²) in [6.45, 7) is 15.8. The van der Waals surface area contributed by atoms with Crippen molar-refractivity contribution in [2.24, 2.45) is 17.3 Å². The Morgan fingerprint density at radius 2 is 1.74 bits per heavy atom. The van der Waals surface area contributed by atoms with Crippen LogP contribution in [0.25, 0.3) is 0 Å². The Hall–Kier alpha value is -2.15. The predicted octanol–water partition coefficient (Wildman–Crippen LogP) is 8.55. The normalized spacial score (nSPS) is 18.7. The molecule has 1 fully saturated rings. The Bertz CT molecular complexity index is 924. The van der Waals surface area contributed by atoms with Crippen LogP contribution in [-0.4, -0.2) is 25.4 Å². The zero-order valence-electron chi connectivity index (χ0n) is 24.6. The van der Waals surface area contributed by atoms with Gasteiger partial charge in [0, 0.05) is 34.9 Å². The van der Waals surface area contributed by atoms with Gasteiger partial charge in [-0.15, -0.1) is 0 Å². The summed E-state index contributed by atoms with van der Waals surface area (Å²) in [6.07, 6.45) is 12.0. The van der Waals surface area contributed by atoms with E-state index in [4.69, 9.17) is 23.2 Å². The summed E-state index contributed by atoms with van der Waals surface area (Å²) in [5, 5.41) is 9.88. The molecule has 39 heavy (non-hydrogen) atoms. The summed E-state index contributed by atoms with van der Waals surface area (Å²) in [6, 6.07) is 5.75. The molecule has 1 aliphatic rings. The van der Waals surface area contributed by atoms with Gasteiger partial charge in [-0.1, -0.05) is 83.0 Å². The van der Waals surface area contributed by atoms with Crippen LogP contribution in [0.2, 0.25) is 5.02 Å².